The van der Waals surface area contributed by atoms with Crippen LogP contribution in [0.1, 0.15) is 78.6 Å². The minimum absolute atomic E-state index is 0.000981. The molecule has 1 saturated carbocycles. The predicted molar refractivity (Wildman–Crippen MR) is 103 cm³/mol. The molecule has 1 aliphatic heterocycles. The molecule has 0 spiro atoms. The average Bonchev–Trinajstić information content (AvgIpc) is 3.30. The summed E-state index contributed by atoms with van der Waals surface area (Å²) >= 11 is 1.59. The van der Waals surface area contributed by atoms with E-state index in [1.807, 2.05) is 0 Å². The van der Waals surface area contributed by atoms with E-state index in [2.05, 4.69) is 10.6 Å². The molecule has 2 aliphatic carbocycles. The Hall–Kier alpha value is -1.40. The molecule has 1 aromatic rings. The number of anilines is 1. The first-order chi connectivity index (χ1) is 12.7. The second kappa shape index (κ2) is 8.09. The van der Waals surface area contributed by atoms with Crippen LogP contribution < -0.4 is 10.6 Å². The summed E-state index contributed by atoms with van der Waals surface area (Å²) in [6.07, 6.45) is 11.3. The highest BCUT2D eigenvalue weighted by molar-refractivity contribution is 7.17. The second-order valence-electron chi connectivity index (χ2n) is 7.71. The Balaban J connectivity index is 1.55. The third kappa shape index (κ3) is 3.81. The van der Waals surface area contributed by atoms with Crippen molar-refractivity contribution in [3.63, 3.8) is 0 Å². The molecule has 0 radical (unpaired) electrons. The number of hydrogen-bond acceptors (Lipinski definition) is 4. The zero-order valence-corrected chi connectivity index (χ0v) is 16.1. The molecule has 2 heterocycles. The van der Waals surface area contributed by atoms with E-state index in [1.54, 1.807) is 11.3 Å². The zero-order chi connectivity index (χ0) is 17.9. The van der Waals surface area contributed by atoms with Gasteiger partial charge in [-0.15, -0.1) is 11.3 Å². The SMILES string of the molecule is O=C(NC1CCCCC1)c1c(NC(=O)C2CCCO2)sc2c1CCCC2. The lowest BCUT2D eigenvalue weighted by molar-refractivity contribution is -0.124. The quantitative estimate of drug-likeness (QED) is 0.840. The van der Waals surface area contributed by atoms with Crippen molar-refractivity contribution < 1.29 is 14.3 Å². The highest BCUT2D eigenvalue weighted by Crippen LogP contribution is 2.38. The fourth-order valence-electron chi connectivity index (χ4n) is 4.38. The molecule has 3 aliphatic rings. The molecule has 1 aromatic heterocycles. The third-order valence-corrected chi connectivity index (χ3v) is 7.00. The molecular weight excluding hydrogens is 348 g/mol. The van der Waals surface area contributed by atoms with Gasteiger partial charge in [0.1, 0.15) is 11.1 Å². The Labute approximate surface area is 158 Å². The van der Waals surface area contributed by atoms with Gasteiger partial charge in [-0.1, -0.05) is 19.3 Å². The molecule has 1 atom stereocenters. The van der Waals surface area contributed by atoms with Crippen molar-refractivity contribution in [1.82, 2.24) is 5.32 Å². The van der Waals surface area contributed by atoms with Gasteiger partial charge in [0, 0.05) is 17.5 Å². The summed E-state index contributed by atoms with van der Waals surface area (Å²) in [7, 11) is 0. The Morgan fingerprint density at radius 1 is 0.962 bits per heavy atom. The van der Waals surface area contributed by atoms with E-state index >= 15 is 0 Å². The summed E-state index contributed by atoms with van der Waals surface area (Å²) in [5.74, 6) is -0.105. The van der Waals surface area contributed by atoms with Crippen LogP contribution in [0.4, 0.5) is 5.00 Å². The molecule has 6 heteroatoms. The molecule has 2 N–H and O–H groups in total. The number of fused-ring (bicyclic) bond motifs is 1. The minimum atomic E-state index is -0.372. The van der Waals surface area contributed by atoms with Gasteiger partial charge in [-0.05, 0) is 56.9 Å². The third-order valence-electron chi connectivity index (χ3n) is 5.80. The smallest absolute Gasteiger partial charge is 0.254 e. The van der Waals surface area contributed by atoms with E-state index in [0.717, 1.165) is 67.5 Å². The summed E-state index contributed by atoms with van der Waals surface area (Å²) in [4.78, 5) is 26.9. The van der Waals surface area contributed by atoms with Gasteiger partial charge in [-0.2, -0.15) is 0 Å². The maximum atomic E-state index is 13.1. The summed E-state index contributed by atoms with van der Waals surface area (Å²) in [5.41, 5.74) is 1.89. The molecule has 1 saturated heterocycles. The number of amides is 2. The molecule has 26 heavy (non-hydrogen) atoms. The van der Waals surface area contributed by atoms with Gasteiger partial charge in [0.2, 0.25) is 0 Å². The lowest BCUT2D eigenvalue weighted by atomic mass is 9.93. The largest absolute Gasteiger partial charge is 0.368 e. The first kappa shape index (κ1) is 18.0. The monoisotopic (exact) mass is 376 g/mol. The Morgan fingerprint density at radius 3 is 2.54 bits per heavy atom. The van der Waals surface area contributed by atoms with E-state index in [-0.39, 0.29) is 24.0 Å². The highest BCUT2D eigenvalue weighted by Gasteiger charge is 2.30. The number of ether oxygens (including phenoxy) is 1. The summed E-state index contributed by atoms with van der Waals surface area (Å²) in [5, 5.41) is 6.99. The number of aryl methyl sites for hydroxylation is 1. The number of thiophene rings is 1. The molecule has 0 aromatic carbocycles. The van der Waals surface area contributed by atoms with Crippen LogP contribution in [0.25, 0.3) is 0 Å². The Kier molecular flexibility index (Phi) is 5.60. The number of carbonyl (C=O) groups excluding carboxylic acids is 2. The van der Waals surface area contributed by atoms with Gasteiger partial charge >= 0.3 is 0 Å². The molecule has 142 valence electrons. The minimum Gasteiger partial charge on any atom is -0.368 e. The van der Waals surface area contributed by atoms with Gasteiger partial charge in [0.15, 0.2) is 0 Å². The normalized spacial score (nSPS) is 23.5. The van der Waals surface area contributed by atoms with Crippen molar-refractivity contribution >= 4 is 28.2 Å². The van der Waals surface area contributed by atoms with Gasteiger partial charge in [0.25, 0.3) is 11.8 Å². The maximum absolute atomic E-state index is 13.1. The van der Waals surface area contributed by atoms with E-state index in [0.29, 0.717) is 6.61 Å². The van der Waals surface area contributed by atoms with Crippen molar-refractivity contribution in [3.8, 4) is 0 Å². The number of carbonyl (C=O) groups is 2. The highest BCUT2D eigenvalue weighted by atomic mass is 32.1. The van der Waals surface area contributed by atoms with Crippen LogP contribution >= 0.6 is 11.3 Å². The first-order valence-corrected chi connectivity index (χ1v) is 10.9. The van der Waals surface area contributed by atoms with E-state index in [9.17, 15) is 9.59 Å². The number of nitrogens with one attached hydrogen (secondary N) is 2. The van der Waals surface area contributed by atoms with Crippen LogP contribution in [0, 0.1) is 0 Å². The average molecular weight is 377 g/mol. The van der Waals surface area contributed by atoms with Gasteiger partial charge in [-0.25, -0.2) is 0 Å². The van der Waals surface area contributed by atoms with E-state index in [4.69, 9.17) is 4.74 Å². The Bertz CT molecular complexity index is 673. The van der Waals surface area contributed by atoms with Crippen LogP contribution in [0.3, 0.4) is 0 Å². The summed E-state index contributed by atoms with van der Waals surface area (Å²) in [6.45, 7) is 0.647. The first-order valence-electron chi connectivity index (χ1n) is 10.1. The van der Waals surface area contributed by atoms with Gasteiger partial charge in [0.05, 0.1) is 5.56 Å². The lowest BCUT2D eigenvalue weighted by Crippen LogP contribution is -2.37. The maximum Gasteiger partial charge on any atom is 0.254 e. The van der Waals surface area contributed by atoms with Crippen molar-refractivity contribution in [2.24, 2.45) is 0 Å². The summed E-state index contributed by atoms with van der Waals surface area (Å²) in [6, 6.07) is 0.275. The van der Waals surface area contributed by atoms with Crippen LogP contribution in [0.15, 0.2) is 0 Å². The molecule has 0 bridgehead atoms. The van der Waals surface area contributed by atoms with Crippen LogP contribution in [-0.2, 0) is 22.4 Å². The second-order valence-corrected chi connectivity index (χ2v) is 8.82. The molecule has 2 fully saturated rings. The van der Waals surface area contributed by atoms with Crippen molar-refractivity contribution in [2.45, 2.75) is 82.8 Å². The van der Waals surface area contributed by atoms with Gasteiger partial charge in [-0.3, -0.25) is 9.59 Å². The fraction of sp³-hybridized carbons (Fsp3) is 0.700. The van der Waals surface area contributed by atoms with Crippen molar-refractivity contribution in [1.29, 1.82) is 0 Å². The molecule has 4 rings (SSSR count). The van der Waals surface area contributed by atoms with Crippen LogP contribution in [0.2, 0.25) is 0 Å². The van der Waals surface area contributed by atoms with Crippen molar-refractivity contribution in [3.05, 3.63) is 16.0 Å². The molecule has 5 nitrogen and oxygen atoms in total. The standard InChI is InChI=1S/C20H28N2O3S/c23-18(15-10-6-12-25-15)22-20-17(14-9-4-5-11-16(14)26-20)19(24)21-13-7-2-1-3-8-13/h13,15H,1-12H2,(H,21,24)(H,22,23). The van der Waals surface area contributed by atoms with E-state index in [1.165, 1.54) is 24.1 Å². The molecular formula is C20H28N2O3S. The number of rotatable bonds is 4. The lowest BCUT2D eigenvalue weighted by Gasteiger charge is -2.23. The van der Waals surface area contributed by atoms with E-state index < -0.39 is 0 Å². The number of hydrogen-bond donors (Lipinski definition) is 2. The topological polar surface area (TPSA) is 67.4 Å². The zero-order valence-electron chi connectivity index (χ0n) is 15.3. The molecule has 2 amide bonds. The van der Waals surface area contributed by atoms with Crippen LogP contribution in [0.5, 0.6) is 0 Å². The Morgan fingerprint density at radius 2 is 1.77 bits per heavy atom. The molecule has 1 unspecified atom stereocenters. The van der Waals surface area contributed by atoms with Crippen molar-refractivity contribution in [2.75, 3.05) is 11.9 Å². The fourth-order valence-corrected chi connectivity index (χ4v) is 5.67. The van der Waals surface area contributed by atoms with Crippen LogP contribution in [-0.4, -0.2) is 30.6 Å². The predicted octanol–water partition coefficient (Wildman–Crippen LogP) is 3.81. The summed E-state index contributed by atoms with van der Waals surface area (Å²) < 4.78 is 5.50. The van der Waals surface area contributed by atoms with Gasteiger partial charge < -0.3 is 15.4 Å².